The van der Waals surface area contributed by atoms with E-state index in [1.165, 1.54) is 0 Å². The molecule has 236 valence electrons. The first-order chi connectivity index (χ1) is 21.7. The molecular formula is C35H41N5O5. The van der Waals surface area contributed by atoms with Gasteiger partial charge in [-0.15, -0.1) is 0 Å². The van der Waals surface area contributed by atoms with E-state index in [1.54, 1.807) is 35.9 Å². The summed E-state index contributed by atoms with van der Waals surface area (Å²) >= 11 is 0. The van der Waals surface area contributed by atoms with Crippen molar-refractivity contribution in [2.45, 2.75) is 58.5 Å². The number of aromatic nitrogens is 1. The van der Waals surface area contributed by atoms with Gasteiger partial charge in [-0.3, -0.25) is 19.6 Å². The fourth-order valence-corrected chi connectivity index (χ4v) is 4.63. The molecule has 0 bridgehead atoms. The Balaban J connectivity index is 1.62. The molecule has 1 heterocycles. The van der Waals surface area contributed by atoms with E-state index in [0.717, 1.165) is 29.4 Å². The van der Waals surface area contributed by atoms with Gasteiger partial charge in [0, 0.05) is 59.5 Å². The zero-order valence-electron chi connectivity index (χ0n) is 25.9. The zero-order valence-corrected chi connectivity index (χ0v) is 25.9. The summed E-state index contributed by atoms with van der Waals surface area (Å²) in [4.78, 5) is 42.1. The molecular weight excluding hydrogens is 570 g/mol. The summed E-state index contributed by atoms with van der Waals surface area (Å²) in [6.45, 7) is 6.56. The highest BCUT2D eigenvalue weighted by Gasteiger charge is 2.13. The molecule has 0 saturated heterocycles. The van der Waals surface area contributed by atoms with E-state index in [1.807, 2.05) is 32.0 Å². The maximum absolute atomic E-state index is 12.7. The molecule has 1 unspecified atom stereocenters. The number of Topliss-reactive ketones (excluding diaryl/α,β-unsaturated/α-hetero) is 1. The molecule has 3 rings (SSSR count). The van der Waals surface area contributed by atoms with Crippen molar-refractivity contribution in [2.75, 3.05) is 31.9 Å². The maximum Gasteiger partial charge on any atom is 0.243 e. The van der Waals surface area contributed by atoms with Crippen LogP contribution in [0, 0.1) is 23.7 Å². The minimum atomic E-state index is -0.539. The van der Waals surface area contributed by atoms with Crippen molar-refractivity contribution in [3.63, 3.8) is 0 Å². The van der Waals surface area contributed by atoms with Gasteiger partial charge in [-0.1, -0.05) is 55.7 Å². The Hall–Kier alpha value is -4.74. The third-order valence-corrected chi connectivity index (χ3v) is 7.32. The lowest BCUT2D eigenvalue weighted by Crippen LogP contribution is -2.32. The number of aliphatic hydroxyl groups excluding tert-OH is 1. The first kappa shape index (κ1) is 34.7. The number of benzene rings is 2. The number of rotatable bonds is 14. The number of nitrogen functional groups attached to an aromatic ring is 1. The van der Waals surface area contributed by atoms with Crippen molar-refractivity contribution >= 4 is 34.2 Å². The quantitative estimate of drug-likeness (QED) is 0.0610. The number of ketones is 1. The molecule has 0 aliphatic heterocycles. The van der Waals surface area contributed by atoms with Crippen molar-refractivity contribution in [3.8, 4) is 23.7 Å². The highest BCUT2D eigenvalue weighted by molar-refractivity contribution is 5.96. The molecule has 1 atom stereocenters. The van der Waals surface area contributed by atoms with E-state index in [2.05, 4.69) is 38.9 Å². The van der Waals surface area contributed by atoms with Crippen LogP contribution in [0.15, 0.2) is 48.7 Å². The van der Waals surface area contributed by atoms with Crippen LogP contribution in [0.4, 0.5) is 5.82 Å². The zero-order chi connectivity index (χ0) is 32.6. The predicted octanol–water partition coefficient (Wildman–Crippen LogP) is 3.42. The number of carbonyl (C=O) groups is 3. The molecule has 0 aliphatic rings. The van der Waals surface area contributed by atoms with Crippen LogP contribution in [0.1, 0.15) is 79.4 Å². The second-order valence-corrected chi connectivity index (χ2v) is 10.6. The van der Waals surface area contributed by atoms with E-state index in [9.17, 15) is 19.5 Å². The molecule has 10 nitrogen and oxygen atoms in total. The number of hydrogen-bond donors (Lipinski definition) is 5. The number of hydrogen-bond acceptors (Lipinski definition) is 8. The van der Waals surface area contributed by atoms with E-state index in [-0.39, 0.29) is 37.5 Å². The van der Waals surface area contributed by atoms with Crippen molar-refractivity contribution in [1.82, 2.24) is 20.7 Å². The number of amides is 2. The molecule has 1 aromatic heterocycles. The number of carbonyl (C=O) groups excluding carboxylic acids is 3. The van der Waals surface area contributed by atoms with Crippen LogP contribution in [-0.4, -0.2) is 70.1 Å². The topological polar surface area (TPSA) is 158 Å². The summed E-state index contributed by atoms with van der Waals surface area (Å²) in [6, 6.07) is 12.7. The smallest absolute Gasteiger partial charge is 0.243 e. The second kappa shape index (κ2) is 18.2. The summed E-state index contributed by atoms with van der Waals surface area (Å²) in [5, 5.41) is 23.2. The first-order valence-corrected chi connectivity index (χ1v) is 15.2. The van der Waals surface area contributed by atoms with E-state index >= 15 is 0 Å². The Morgan fingerprint density at radius 3 is 2.31 bits per heavy atom. The molecule has 0 spiro atoms. The number of unbranched alkanes of at least 4 members (excludes halogenated alkanes) is 1. The summed E-state index contributed by atoms with van der Waals surface area (Å²) in [5.41, 5.74) is 10.4. The van der Waals surface area contributed by atoms with Crippen LogP contribution in [0.5, 0.6) is 0 Å². The maximum atomic E-state index is 12.7. The van der Waals surface area contributed by atoms with Gasteiger partial charge < -0.3 is 21.1 Å². The SMILES string of the molecule is CCN(CC)CC(O)CCC(=O)c1ccc(C#Cc2c(N)ncc3ccc(C#CCNC(=O)CCCCC(=O)NO)cc23)cc1. The number of nitrogens with one attached hydrogen (secondary N) is 2. The monoisotopic (exact) mass is 611 g/mol. The molecule has 6 N–H and O–H groups in total. The average molecular weight is 612 g/mol. The van der Waals surface area contributed by atoms with Gasteiger partial charge in [-0.2, -0.15) is 0 Å². The first-order valence-electron chi connectivity index (χ1n) is 15.2. The van der Waals surface area contributed by atoms with E-state index in [4.69, 9.17) is 10.9 Å². The van der Waals surface area contributed by atoms with Crippen LogP contribution in [0.2, 0.25) is 0 Å². The number of hydroxylamine groups is 1. The molecule has 45 heavy (non-hydrogen) atoms. The highest BCUT2D eigenvalue weighted by atomic mass is 16.5. The van der Waals surface area contributed by atoms with Gasteiger partial charge >= 0.3 is 0 Å². The van der Waals surface area contributed by atoms with Crippen molar-refractivity contribution in [1.29, 1.82) is 0 Å². The molecule has 2 aromatic carbocycles. The van der Waals surface area contributed by atoms with Crippen molar-refractivity contribution < 1.29 is 24.7 Å². The molecule has 0 radical (unpaired) electrons. The minimum Gasteiger partial charge on any atom is -0.392 e. The Labute approximate surface area is 264 Å². The standard InChI is InChI=1S/C35H41N5O5/c1-3-40(4-2)24-29(41)18-20-32(42)27-15-11-25(12-16-27)14-19-30-31-22-26(13-17-28(31)23-38-35(30)36)8-7-21-37-33(43)9-5-6-10-34(44)39-45/h11-13,15-17,22-23,29,41,45H,3-6,9-10,18,20-21,24H2,1-2H3,(H2,36,38)(H,37,43)(H,39,44). The normalized spacial score (nSPS) is 11.2. The number of aliphatic hydroxyl groups is 1. The van der Waals surface area contributed by atoms with E-state index in [0.29, 0.717) is 48.3 Å². The predicted molar refractivity (Wildman–Crippen MR) is 174 cm³/mol. The fourth-order valence-electron chi connectivity index (χ4n) is 4.63. The third-order valence-electron chi connectivity index (χ3n) is 7.32. The van der Waals surface area contributed by atoms with Crippen molar-refractivity contribution in [3.05, 3.63) is 70.9 Å². The molecule has 3 aromatic rings. The summed E-state index contributed by atoms with van der Waals surface area (Å²) < 4.78 is 0. The Kier molecular flexibility index (Phi) is 14.0. The van der Waals surface area contributed by atoms with Gasteiger partial charge in [0.15, 0.2) is 5.78 Å². The fraction of sp³-hybridized carbons (Fsp3) is 0.371. The minimum absolute atomic E-state index is 0.0199. The van der Waals surface area contributed by atoms with Gasteiger partial charge in [0.1, 0.15) is 5.82 Å². The molecule has 0 saturated carbocycles. The van der Waals surface area contributed by atoms with Crippen LogP contribution in [0.25, 0.3) is 10.8 Å². The van der Waals surface area contributed by atoms with Gasteiger partial charge in [-0.05, 0) is 56.6 Å². The number of nitrogens with zero attached hydrogens (tertiary/aromatic N) is 2. The third kappa shape index (κ3) is 11.4. The molecule has 2 amide bonds. The largest absolute Gasteiger partial charge is 0.392 e. The van der Waals surface area contributed by atoms with Gasteiger partial charge in [0.2, 0.25) is 11.8 Å². The number of anilines is 1. The Morgan fingerprint density at radius 2 is 1.62 bits per heavy atom. The lowest BCUT2D eigenvalue weighted by molar-refractivity contribution is -0.129. The van der Waals surface area contributed by atoms with Crippen LogP contribution >= 0.6 is 0 Å². The molecule has 0 fully saturated rings. The lowest BCUT2D eigenvalue weighted by Gasteiger charge is -2.21. The van der Waals surface area contributed by atoms with E-state index < -0.39 is 12.0 Å². The number of nitrogens with two attached hydrogens (primary N) is 1. The Morgan fingerprint density at radius 1 is 0.933 bits per heavy atom. The van der Waals surface area contributed by atoms with Crippen LogP contribution < -0.4 is 16.5 Å². The van der Waals surface area contributed by atoms with Gasteiger partial charge in [0.05, 0.1) is 18.2 Å². The second-order valence-electron chi connectivity index (χ2n) is 10.6. The van der Waals surface area contributed by atoms with Crippen LogP contribution in [0.3, 0.4) is 0 Å². The molecule has 10 heteroatoms. The van der Waals surface area contributed by atoms with Crippen LogP contribution in [-0.2, 0) is 9.59 Å². The number of likely N-dealkylation sites (N-methyl/N-ethyl adjacent to an activating group) is 1. The van der Waals surface area contributed by atoms with Gasteiger partial charge in [0.25, 0.3) is 0 Å². The lowest BCUT2D eigenvalue weighted by atomic mass is 10.0. The highest BCUT2D eigenvalue weighted by Crippen LogP contribution is 2.23. The Bertz CT molecular complexity index is 1590. The summed E-state index contributed by atoms with van der Waals surface area (Å²) in [5.74, 6) is 11.9. The summed E-state index contributed by atoms with van der Waals surface area (Å²) in [6.07, 6.45) is 3.29. The number of fused-ring (bicyclic) bond motifs is 1. The average Bonchev–Trinajstić information content (AvgIpc) is 3.06. The molecule has 0 aliphatic carbocycles. The number of pyridine rings is 1. The van der Waals surface area contributed by atoms with Crippen molar-refractivity contribution in [2.24, 2.45) is 0 Å². The van der Waals surface area contributed by atoms with Gasteiger partial charge in [-0.25, -0.2) is 10.5 Å². The summed E-state index contributed by atoms with van der Waals surface area (Å²) in [7, 11) is 0.